The number of aromatic nitrogens is 1. The summed E-state index contributed by atoms with van der Waals surface area (Å²) in [6.07, 6.45) is -3.76. The molecule has 0 radical (unpaired) electrons. The molecule has 0 saturated heterocycles. The van der Waals surface area contributed by atoms with Crippen LogP contribution in [0.2, 0.25) is 0 Å². The summed E-state index contributed by atoms with van der Waals surface area (Å²) in [7, 11) is 0. The van der Waals surface area contributed by atoms with E-state index in [1.807, 2.05) is 0 Å². The molecule has 14 heavy (non-hydrogen) atoms. The van der Waals surface area contributed by atoms with Crippen molar-refractivity contribution in [3.05, 3.63) is 11.8 Å². The van der Waals surface area contributed by atoms with E-state index in [0.29, 0.717) is 0 Å². The fourth-order valence-corrected chi connectivity index (χ4v) is 0.839. The summed E-state index contributed by atoms with van der Waals surface area (Å²) in [4.78, 5) is 3.38. The lowest BCUT2D eigenvalue weighted by Gasteiger charge is -2.12. The predicted molar refractivity (Wildman–Crippen MR) is 44.5 cm³/mol. The van der Waals surface area contributed by atoms with Gasteiger partial charge in [-0.25, -0.2) is 4.98 Å². The Kier molecular flexibility index (Phi) is 2.41. The molecule has 0 atom stereocenters. The summed E-state index contributed by atoms with van der Waals surface area (Å²) in [5.74, 6) is -0.579. The first kappa shape index (κ1) is 10.4. The Labute approximate surface area is 77.7 Å². The van der Waals surface area contributed by atoms with Crippen molar-refractivity contribution in [2.45, 2.75) is 13.3 Å². The van der Waals surface area contributed by atoms with E-state index in [9.17, 15) is 13.2 Å². The molecule has 0 bridgehead atoms. The number of pyridine rings is 1. The highest BCUT2D eigenvalue weighted by molar-refractivity contribution is 5.67. The maximum absolute atomic E-state index is 11.8. The van der Waals surface area contributed by atoms with Crippen LogP contribution in [-0.4, -0.2) is 11.3 Å². The number of nitrogens with zero attached hydrogens (tertiary/aromatic N) is 1. The molecule has 0 amide bonds. The number of ether oxygens (including phenoxy) is 1. The molecule has 1 rings (SSSR count). The van der Waals surface area contributed by atoms with Crippen LogP contribution in [0.5, 0.6) is 5.88 Å². The van der Waals surface area contributed by atoms with Crippen LogP contribution in [0.15, 0.2) is 6.20 Å². The molecule has 7 heteroatoms. The summed E-state index contributed by atoms with van der Waals surface area (Å²) in [5.41, 5.74) is 11.0. The van der Waals surface area contributed by atoms with Gasteiger partial charge < -0.3 is 16.2 Å². The predicted octanol–water partition coefficient (Wildman–Crippen LogP) is 1.45. The van der Waals surface area contributed by atoms with E-state index in [1.165, 1.54) is 6.92 Å². The van der Waals surface area contributed by atoms with E-state index in [0.717, 1.165) is 6.20 Å². The molecule has 0 spiro atoms. The Hall–Kier alpha value is -1.66. The van der Waals surface area contributed by atoms with Gasteiger partial charge in [0.15, 0.2) is 0 Å². The number of nitrogen functional groups attached to an aromatic ring is 2. The Morgan fingerprint density at radius 1 is 1.36 bits per heavy atom. The summed E-state index contributed by atoms with van der Waals surface area (Å²) < 4.78 is 39.1. The van der Waals surface area contributed by atoms with Gasteiger partial charge in [-0.05, 0) is 6.92 Å². The van der Waals surface area contributed by atoms with Crippen LogP contribution in [0, 0.1) is 6.92 Å². The number of anilines is 2. The van der Waals surface area contributed by atoms with E-state index in [2.05, 4.69) is 9.72 Å². The third-order valence-corrected chi connectivity index (χ3v) is 1.57. The average molecular weight is 207 g/mol. The molecule has 1 aromatic heterocycles. The highest BCUT2D eigenvalue weighted by atomic mass is 19.4. The van der Waals surface area contributed by atoms with Gasteiger partial charge in [-0.3, -0.25) is 0 Å². The van der Waals surface area contributed by atoms with Crippen molar-refractivity contribution in [2.24, 2.45) is 0 Å². The second kappa shape index (κ2) is 3.24. The van der Waals surface area contributed by atoms with Crippen molar-refractivity contribution < 1.29 is 17.9 Å². The minimum atomic E-state index is -4.78. The number of alkyl halides is 3. The normalized spacial score (nSPS) is 11.4. The van der Waals surface area contributed by atoms with Gasteiger partial charge in [0.1, 0.15) is 0 Å². The molecule has 0 unspecified atom stereocenters. The number of nitrogens with two attached hydrogens (primary N) is 2. The van der Waals surface area contributed by atoms with E-state index in [1.54, 1.807) is 0 Å². The third-order valence-electron chi connectivity index (χ3n) is 1.57. The van der Waals surface area contributed by atoms with Crippen molar-refractivity contribution in [1.82, 2.24) is 4.98 Å². The monoisotopic (exact) mass is 207 g/mol. The standard InChI is InChI=1S/C7H8F3N3O/c1-3-5(12)4(11)2-13-6(3)14-7(8,9)10/h2H,11H2,1H3,(H2,12,13). The van der Waals surface area contributed by atoms with Crippen molar-refractivity contribution in [2.75, 3.05) is 11.5 Å². The fraction of sp³-hybridized carbons (Fsp3) is 0.286. The van der Waals surface area contributed by atoms with Crippen molar-refractivity contribution in [1.29, 1.82) is 0 Å². The molecule has 4 N–H and O–H groups in total. The molecular weight excluding hydrogens is 199 g/mol. The number of hydrogen-bond acceptors (Lipinski definition) is 4. The van der Waals surface area contributed by atoms with Gasteiger partial charge in [0.2, 0.25) is 5.88 Å². The molecule has 1 heterocycles. The van der Waals surface area contributed by atoms with E-state index < -0.39 is 12.2 Å². The van der Waals surface area contributed by atoms with E-state index in [-0.39, 0.29) is 16.9 Å². The van der Waals surface area contributed by atoms with Crippen molar-refractivity contribution >= 4 is 11.4 Å². The number of halogens is 3. The number of rotatable bonds is 1. The molecule has 4 nitrogen and oxygen atoms in total. The van der Waals surface area contributed by atoms with Crippen LogP contribution in [0.1, 0.15) is 5.56 Å². The summed E-state index contributed by atoms with van der Waals surface area (Å²) >= 11 is 0. The minimum absolute atomic E-state index is 0.0410. The highest BCUT2D eigenvalue weighted by Gasteiger charge is 2.32. The topological polar surface area (TPSA) is 74.2 Å². The van der Waals surface area contributed by atoms with Crippen LogP contribution in [0.25, 0.3) is 0 Å². The second-order valence-electron chi connectivity index (χ2n) is 2.61. The summed E-state index contributed by atoms with van der Waals surface area (Å²) in [6, 6.07) is 0. The van der Waals surface area contributed by atoms with Gasteiger partial charge in [-0.2, -0.15) is 0 Å². The number of hydrogen-bond donors (Lipinski definition) is 2. The zero-order valence-electron chi connectivity index (χ0n) is 7.22. The zero-order valence-corrected chi connectivity index (χ0v) is 7.22. The first-order valence-corrected chi connectivity index (χ1v) is 3.57. The van der Waals surface area contributed by atoms with Gasteiger partial charge in [0, 0.05) is 5.56 Å². The molecule has 78 valence electrons. The summed E-state index contributed by atoms with van der Waals surface area (Å²) in [5, 5.41) is 0. The Bertz CT molecular complexity index is 351. The zero-order chi connectivity index (χ0) is 10.9. The Morgan fingerprint density at radius 3 is 2.43 bits per heavy atom. The molecule has 0 fully saturated rings. The molecule has 0 aliphatic heterocycles. The van der Waals surface area contributed by atoms with Crippen LogP contribution in [-0.2, 0) is 0 Å². The smallest absolute Gasteiger partial charge is 0.397 e. The highest BCUT2D eigenvalue weighted by Crippen LogP contribution is 2.29. The lowest BCUT2D eigenvalue weighted by Crippen LogP contribution is -2.19. The molecular formula is C7H8F3N3O. The molecule has 1 aromatic rings. The van der Waals surface area contributed by atoms with E-state index >= 15 is 0 Å². The minimum Gasteiger partial charge on any atom is -0.397 e. The maximum atomic E-state index is 11.8. The van der Waals surface area contributed by atoms with Crippen molar-refractivity contribution in [3.63, 3.8) is 0 Å². The molecule has 0 aromatic carbocycles. The van der Waals surface area contributed by atoms with Crippen LogP contribution < -0.4 is 16.2 Å². The fourth-order valence-electron chi connectivity index (χ4n) is 0.839. The largest absolute Gasteiger partial charge is 0.574 e. The van der Waals surface area contributed by atoms with Gasteiger partial charge in [-0.15, -0.1) is 13.2 Å². The van der Waals surface area contributed by atoms with Gasteiger partial charge in [0.05, 0.1) is 17.6 Å². The SMILES string of the molecule is Cc1c(OC(F)(F)F)ncc(N)c1N. The summed E-state index contributed by atoms with van der Waals surface area (Å²) in [6.45, 7) is 1.35. The van der Waals surface area contributed by atoms with Crippen LogP contribution in [0.3, 0.4) is 0 Å². The van der Waals surface area contributed by atoms with Gasteiger partial charge in [-0.1, -0.05) is 0 Å². The van der Waals surface area contributed by atoms with Gasteiger partial charge in [0.25, 0.3) is 0 Å². The third kappa shape index (κ3) is 2.18. The Morgan fingerprint density at radius 2 is 1.93 bits per heavy atom. The lowest BCUT2D eigenvalue weighted by molar-refractivity contribution is -0.276. The first-order chi connectivity index (χ1) is 6.31. The average Bonchev–Trinajstić information content (AvgIpc) is 2.04. The Balaban J connectivity index is 3.06. The lowest BCUT2D eigenvalue weighted by atomic mass is 10.2. The van der Waals surface area contributed by atoms with Crippen LogP contribution in [0.4, 0.5) is 24.5 Å². The second-order valence-corrected chi connectivity index (χ2v) is 2.61. The van der Waals surface area contributed by atoms with Crippen LogP contribution >= 0.6 is 0 Å². The quantitative estimate of drug-likeness (QED) is 0.730. The van der Waals surface area contributed by atoms with Gasteiger partial charge >= 0.3 is 6.36 Å². The molecule has 0 aliphatic carbocycles. The maximum Gasteiger partial charge on any atom is 0.574 e. The van der Waals surface area contributed by atoms with E-state index in [4.69, 9.17) is 11.5 Å². The van der Waals surface area contributed by atoms with Crippen molar-refractivity contribution in [3.8, 4) is 5.88 Å². The first-order valence-electron chi connectivity index (χ1n) is 3.57. The molecule has 0 saturated carbocycles. The molecule has 0 aliphatic rings.